The van der Waals surface area contributed by atoms with Gasteiger partial charge in [-0.15, -0.1) is 0 Å². The monoisotopic (exact) mass is 324 g/mol. The van der Waals surface area contributed by atoms with E-state index in [-0.39, 0.29) is 24.3 Å². The molecule has 0 aliphatic carbocycles. The lowest BCUT2D eigenvalue weighted by molar-refractivity contribution is -0.384. The summed E-state index contributed by atoms with van der Waals surface area (Å²) in [6, 6.07) is 5.89. The van der Waals surface area contributed by atoms with Gasteiger partial charge in [-0.05, 0) is 19.1 Å². The minimum atomic E-state index is -0.457. The first kappa shape index (κ1) is 17.2. The molecule has 8 heteroatoms. The zero-order valence-electron chi connectivity index (χ0n) is 13.0. The summed E-state index contributed by atoms with van der Waals surface area (Å²) in [5.41, 5.74) is 0.0203. The molecule has 0 saturated carbocycles. The van der Waals surface area contributed by atoms with E-state index >= 15 is 0 Å². The molecule has 2 rings (SSSR count). The van der Waals surface area contributed by atoms with E-state index in [9.17, 15) is 14.9 Å². The zero-order chi connectivity index (χ0) is 16.7. The van der Waals surface area contributed by atoms with Crippen molar-refractivity contribution >= 4 is 11.7 Å². The summed E-state index contributed by atoms with van der Waals surface area (Å²) in [6.45, 7) is 4.47. The summed E-state index contributed by atoms with van der Waals surface area (Å²) in [5.74, 6) is 0.297. The van der Waals surface area contributed by atoms with Crippen LogP contribution in [0, 0.1) is 10.1 Å². The van der Waals surface area contributed by atoms with Crippen molar-refractivity contribution in [2.75, 3.05) is 39.5 Å². The topological polar surface area (TPSA) is 91.1 Å². The van der Waals surface area contributed by atoms with Gasteiger partial charge in [0.05, 0.1) is 24.7 Å². The molecule has 1 heterocycles. The van der Waals surface area contributed by atoms with Crippen LogP contribution in [0.15, 0.2) is 24.3 Å². The van der Waals surface area contributed by atoms with Crippen LogP contribution in [0.3, 0.4) is 0 Å². The summed E-state index contributed by atoms with van der Waals surface area (Å²) in [6.07, 6.45) is -0.159. The second kappa shape index (κ2) is 8.44. The maximum Gasteiger partial charge on any atom is 0.320 e. The maximum atomic E-state index is 11.5. The molecule has 1 aromatic rings. The Balaban J connectivity index is 1.78. The maximum absolute atomic E-state index is 11.5. The van der Waals surface area contributed by atoms with E-state index in [1.807, 2.05) is 4.90 Å². The number of carbonyl (C=O) groups is 1. The molecule has 126 valence electrons. The predicted octanol–water partition coefficient (Wildman–Crippen LogP) is 1.24. The van der Waals surface area contributed by atoms with Crippen LogP contribution in [0.2, 0.25) is 0 Å². The molecule has 0 radical (unpaired) electrons. The van der Waals surface area contributed by atoms with Crippen molar-refractivity contribution in [1.82, 2.24) is 4.90 Å². The smallest absolute Gasteiger partial charge is 0.320 e. The Morgan fingerprint density at radius 2 is 2.17 bits per heavy atom. The number of ether oxygens (including phenoxy) is 3. The van der Waals surface area contributed by atoms with Crippen LogP contribution in [-0.2, 0) is 14.3 Å². The summed E-state index contributed by atoms with van der Waals surface area (Å²) in [4.78, 5) is 23.6. The van der Waals surface area contributed by atoms with E-state index in [2.05, 4.69) is 0 Å². The van der Waals surface area contributed by atoms with Crippen LogP contribution in [-0.4, -0.2) is 61.4 Å². The summed E-state index contributed by atoms with van der Waals surface area (Å²) in [5, 5.41) is 10.6. The molecule has 1 fully saturated rings. The number of esters is 1. The van der Waals surface area contributed by atoms with Gasteiger partial charge in [-0.1, -0.05) is 0 Å². The van der Waals surface area contributed by atoms with Gasteiger partial charge < -0.3 is 14.2 Å². The summed E-state index contributed by atoms with van der Waals surface area (Å²) >= 11 is 0. The highest BCUT2D eigenvalue weighted by molar-refractivity contribution is 5.71. The summed E-state index contributed by atoms with van der Waals surface area (Å²) < 4.78 is 16.1. The number of rotatable bonds is 7. The molecule has 1 aromatic carbocycles. The van der Waals surface area contributed by atoms with Crippen molar-refractivity contribution in [3.63, 3.8) is 0 Å². The van der Waals surface area contributed by atoms with Gasteiger partial charge in [0.15, 0.2) is 0 Å². The Morgan fingerprint density at radius 1 is 1.43 bits per heavy atom. The van der Waals surface area contributed by atoms with Crippen molar-refractivity contribution < 1.29 is 23.9 Å². The molecule has 0 amide bonds. The van der Waals surface area contributed by atoms with Gasteiger partial charge in [0.2, 0.25) is 0 Å². The number of nitro groups is 1. The highest BCUT2D eigenvalue weighted by Gasteiger charge is 2.23. The highest BCUT2D eigenvalue weighted by Crippen LogP contribution is 2.18. The van der Waals surface area contributed by atoms with Gasteiger partial charge in [0.25, 0.3) is 5.69 Å². The first-order valence-electron chi connectivity index (χ1n) is 7.45. The molecule has 8 nitrogen and oxygen atoms in total. The fraction of sp³-hybridized carbons (Fsp3) is 0.533. The van der Waals surface area contributed by atoms with Crippen molar-refractivity contribution in [3.05, 3.63) is 34.4 Å². The largest absolute Gasteiger partial charge is 0.491 e. The molecule has 1 saturated heterocycles. The molecular weight excluding hydrogens is 304 g/mol. The Labute approximate surface area is 134 Å². The van der Waals surface area contributed by atoms with Crippen molar-refractivity contribution in [3.8, 4) is 5.75 Å². The van der Waals surface area contributed by atoms with Crippen LogP contribution in [0.1, 0.15) is 6.92 Å². The molecule has 0 unspecified atom stereocenters. The van der Waals surface area contributed by atoms with Gasteiger partial charge in [0.1, 0.15) is 18.5 Å². The number of nitrogens with zero attached hydrogens (tertiary/aromatic N) is 2. The van der Waals surface area contributed by atoms with Crippen LogP contribution in [0.4, 0.5) is 5.69 Å². The molecule has 1 atom stereocenters. The van der Waals surface area contributed by atoms with Gasteiger partial charge in [0, 0.05) is 25.2 Å². The number of non-ortho nitro benzene ring substituents is 1. The first-order valence-corrected chi connectivity index (χ1v) is 7.45. The SMILES string of the molecule is CCOC(=O)CN1CCO[C@@H](COc2ccc([N+](=O)[O-])cc2)C1. The Kier molecular flexibility index (Phi) is 6.30. The average molecular weight is 324 g/mol. The molecule has 0 spiro atoms. The predicted molar refractivity (Wildman–Crippen MR) is 81.4 cm³/mol. The van der Waals surface area contributed by atoms with Crippen LogP contribution >= 0.6 is 0 Å². The van der Waals surface area contributed by atoms with E-state index in [4.69, 9.17) is 14.2 Å². The van der Waals surface area contributed by atoms with Crippen LogP contribution < -0.4 is 4.74 Å². The summed E-state index contributed by atoms with van der Waals surface area (Å²) in [7, 11) is 0. The quantitative estimate of drug-likeness (QED) is 0.423. The number of nitro benzene ring substituents is 1. The number of carbonyl (C=O) groups excluding carboxylic acids is 1. The van der Waals surface area contributed by atoms with Gasteiger partial charge in [-0.25, -0.2) is 0 Å². The average Bonchev–Trinajstić information content (AvgIpc) is 2.54. The van der Waals surface area contributed by atoms with Crippen molar-refractivity contribution in [1.29, 1.82) is 0 Å². The number of morpholine rings is 1. The van der Waals surface area contributed by atoms with Gasteiger partial charge >= 0.3 is 5.97 Å². The Morgan fingerprint density at radius 3 is 2.83 bits per heavy atom. The third kappa shape index (κ3) is 5.50. The number of hydrogen-bond donors (Lipinski definition) is 0. The molecule has 23 heavy (non-hydrogen) atoms. The molecule has 0 N–H and O–H groups in total. The highest BCUT2D eigenvalue weighted by atomic mass is 16.6. The van der Waals surface area contributed by atoms with E-state index in [1.165, 1.54) is 12.1 Å². The van der Waals surface area contributed by atoms with Crippen LogP contribution in [0.25, 0.3) is 0 Å². The minimum absolute atomic E-state index is 0.0203. The number of hydrogen-bond acceptors (Lipinski definition) is 7. The van der Waals surface area contributed by atoms with E-state index in [0.717, 1.165) is 0 Å². The fourth-order valence-corrected chi connectivity index (χ4v) is 2.27. The van der Waals surface area contributed by atoms with E-state index in [0.29, 0.717) is 38.7 Å². The van der Waals surface area contributed by atoms with Gasteiger partial charge in [-0.3, -0.25) is 19.8 Å². The third-order valence-electron chi connectivity index (χ3n) is 3.36. The normalized spacial score (nSPS) is 18.4. The van der Waals surface area contributed by atoms with Gasteiger partial charge in [-0.2, -0.15) is 0 Å². The molecule has 1 aliphatic heterocycles. The van der Waals surface area contributed by atoms with Crippen LogP contribution in [0.5, 0.6) is 5.75 Å². The second-order valence-electron chi connectivity index (χ2n) is 5.09. The fourth-order valence-electron chi connectivity index (χ4n) is 2.27. The molecule has 0 aromatic heterocycles. The third-order valence-corrected chi connectivity index (χ3v) is 3.36. The zero-order valence-corrected chi connectivity index (χ0v) is 13.0. The lowest BCUT2D eigenvalue weighted by Crippen LogP contribution is -2.47. The molecule has 0 bridgehead atoms. The lowest BCUT2D eigenvalue weighted by atomic mass is 10.2. The molecular formula is C15H20N2O6. The number of benzene rings is 1. The van der Waals surface area contributed by atoms with E-state index < -0.39 is 4.92 Å². The minimum Gasteiger partial charge on any atom is -0.491 e. The second-order valence-corrected chi connectivity index (χ2v) is 5.09. The molecule has 1 aliphatic rings. The Hall–Kier alpha value is -2.19. The van der Waals surface area contributed by atoms with Crippen molar-refractivity contribution in [2.45, 2.75) is 13.0 Å². The van der Waals surface area contributed by atoms with Crippen molar-refractivity contribution in [2.24, 2.45) is 0 Å². The van der Waals surface area contributed by atoms with E-state index in [1.54, 1.807) is 19.1 Å². The lowest BCUT2D eigenvalue weighted by Gasteiger charge is -2.31. The Bertz CT molecular complexity index is 533. The first-order chi connectivity index (χ1) is 11.1. The standard InChI is InChI=1S/C15H20N2O6/c1-2-21-15(18)10-16-7-8-22-14(9-16)11-23-13-5-3-12(4-6-13)17(19)20/h3-6,14H,2,7-11H2,1H3/t14-/m1/s1.